The molecule has 0 aliphatic heterocycles. The van der Waals surface area contributed by atoms with E-state index in [0.717, 1.165) is 0 Å². The summed E-state index contributed by atoms with van der Waals surface area (Å²) in [7, 11) is 0. The highest BCUT2D eigenvalue weighted by atomic mass is 35.5. The van der Waals surface area contributed by atoms with Crippen molar-refractivity contribution in [2.75, 3.05) is 5.01 Å². The summed E-state index contributed by atoms with van der Waals surface area (Å²) in [5, 5.41) is 5.43. The lowest BCUT2D eigenvalue weighted by atomic mass is 10.5. The number of hydrogen-bond acceptors (Lipinski definition) is 4. The van der Waals surface area contributed by atoms with Gasteiger partial charge in [-0.15, -0.1) is 0 Å². The first-order valence-corrected chi connectivity index (χ1v) is 4.03. The molecule has 68 valence electrons. The molecule has 0 unspecified atom stereocenters. The molecule has 0 N–H and O–H groups in total. The third-order valence-electron chi connectivity index (χ3n) is 1.29. The molecule has 0 aliphatic rings. The predicted molar refractivity (Wildman–Crippen MR) is 53.9 cm³/mol. The van der Waals surface area contributed by atoms with Crippen molar-refractivity contribution in [2.24, 2.45) is 5.10 Å². The number of nitrogens with zero attached hydrogens (tertiary/aromatic N) is 4. The first-order chi connectivity index (χ1) is 6.27. The first kappa shape index (κ1) is 9.67. The predicted octanol–water partition coefficient (Wildman–Crippen LogP) is 2.09. The van der Waals surface area contributed by atoms with Crippen molar-refractivity contribution >= 4 is 24.1 Å². The largest absolute Gasteiger partial charge is 0.226 e. The van der Waals surface area contributed by atoms with E-state index < -0.39 is 0 Å². The Kier molecular flexibility index (Phi) is 3.40. The van der Waals surface area contributed by atoms with Gasteiger partial charge in [0.05, 0.1) is 0 Å². The fourth-order valence-electron chi connectivity index (χ4n) is 0.791. The molecule has 0 radical (unpaired) electrons. The molecule has 1 aromatic rings. The molecule has 4 nitrogen and oxygen atoms in total. The number of anilines is 1. The van der Waals surface area contributed by atoms with Gasteiger partial charge in [-0.25, -0.2) is 9.99 Å². The number of hydrogen-bond donors (Lipinski definition) is 0. The highest BCUT2D eigenvalue weighted by Gasteiger charge is 2.01. The Morgan fingerprint density at radius 2 is 2.46 bits per heavy atom. The summed E-state index contributed by atoms with van der Waals surface area (Å²) >= 11 is 5.61. The van der Waals surface area contributed by atoms with Gasteiger partial charge in [0.25, 0.3) is 0 Å². The topological polar surface area (TPSA) is 41.4 Å². The summed E-state index contributed by atoms with van der Waals surface area (Å²) in [5.74, 6) is 0.591. The Morgan fingerprint density at radius 1 is 1.69 bits per heavy atom. The van der Waals surface area contributed by atoms with E-state index in [1.54, 1.807) is 18.5 Å². The van der Waals surface area contributed by atoms with Crippen LogP contribution in [0.1, 0.15) is 6.92 Å². The molecule has 0 amide bonds. The van der Waals surface area contributed by atoms with Crippen molar-refractivity contribution in [3.05, 3.63) is 29.8 Å². The van der Waals surface area contributed by atoms with Gasteiger partial charge in [-0.05, 0) is 18.5 Å². The van der Waals surface area contributed by atoms with Crippen molar-refractivity contribution in [2.45, 2.75) is 6.92 Å². The fourth-order valence-corrected chi connectivity index (χ4v) is 0.934. The molecule has 13 heavy (non-hydrogen) atoms. The van der Waals surface area contributed by atoms with Gasteiger partial charge in [0.15, 0.2) is 5.82 Å². The zero-order chi connectivity index (χ0) is 9.68. The highest BCUT2D eigenvalue weighted by Crippen LogP contribution is 2.12. The Hall–Kier alpha value is -1.42. The molecule has 0 saturated carbocycles. The van der Waals surface area contributed by atoms with Crippen LogP contribution in [0.2, 0.25) is 5.28 Å². The number of halogens is 1. The zero-order valence-electron chi connectivity index (χ0n) is 7.18. The van der Waals surface area contributed by atoms with Crippen molar-refractivity contribution in [1.29, 1.82) is 0 Å². The van der Waals surface area contributed by atoms with E-state index in [1.807, 2.05) is 13.0 Å². The van der Waals surface area contributed by atoms with Crippen LogP contribution >= 0.6 is 11.6 Å². The minimum atomic E-state index is 0.190. The number of allylic oxidation sites excluding steroid dienone is 1. The molecule has 0 bridgehead atoms. The van der Waals surface area contributed by atoms with Crippen molar-refractivity contribution in [3.63, 3.8) is 0 Å². The van der Waals surface area contributed by atoms with Gasteiger partial charge < -0.3 is 0 Å². The molecule has 1 rings (SSSR count). The molecule has 0 spiro atoms. The Morgan fingerprint density at radius 3 is 3.00 bits per heavy atom. The van der Waals surface area contributed by atoms with Crippen LogP contribution in [0.25, 0.3) is 0 Å². The van der Waals surface area contributed by atoms with E-state index in [2.05, 4.69) is 21.8 Å². The molecule has 5 heteroatoms. The maximum absolute atomic E-state index is 5.61. The van der Waals surface area contributed by atoms with Gasteiger partial charge in [-0.2, -0.15) is 10.1 Å². The van der Waals surface area contributed by atoms with Crippen molar-refractivity contribution in [3.8, 4) is 0 Å². The smallest absolute Gasteiger partial charge is 0.224 e. The lowest BCUT2D eigenvalue weighted by Crippen LogP contribution is -2.08. The van der Waals surface area contributed by atoms with Crippen LogP contribution in [0.15, 0.2) is 29.6 Å². The molecule has 1 heterocycles. The summed E-state index contributed by atoms with van der Waals surface area (Å²) in [6, 6.07) is 1.70. The van der Waals surface area contributed by atoms with Gasteiger partial charge >= 0.3 is 0 Å². The van der Waals surface area contributed by atoms with Crippen LogP contribution in [0.3, 0.4) is 0 Å². The van der Waals surface area contributed by atoms with E-state index in [-0.39, 0.29) is 5.28 Å². The van der Waals surface area contributed by atoms with Crippen LogP contribution in [0.5, 0.6) is 0 Å². The van der Waals surface area contributed by atoms with Crippen LogP contribution in [-0.2, 0) is 0 Å². The van der Waals surface area contributed by atoms with E-state index in [1.165, 1.54) is 5.01 Å². The minimum Gasteiger partial charge on any atom is -0.226 e. The SMILES string of the molecule is C=NN(/C=C\C)c1ccnc(Cl)n1. The van der Waals surface area contributed by atoms with Crippen LogP contribution in [-0.4, -0.2) is 16.7 Å². The van der Waals surface area contributed by atoms with Gasteiger partial charge in [0.1, 0.15) is 0 Å². The van der Waals surface area contributed by atoms with Crippen molar-refractivity contribution < 1.29 is 0 Å². The molecule has 0 aromatic carbocycles. The average molecular weight is 197 g/mol. The van der Waals surface area contributed by atoms with Crippen LogP contribution in [0, 0.1) is 0 Å². The molecule has 0 atom stereocenters. The summed E-state index contributed by atoms with van der Waals surface area (Å²) in [5.41, 5.74) is 0. The molecule has 0 saturated heterocycles. The van der Waals surface area contributed by atoms with Gasteiger partial charge in [-0.3, -0.25) is 0 Å². The quantitative estimate of drug-likeness (QED) is 0.422. The Bertz CT molecular complexity index is 324. The Labute approximate surface area is 81.6 Å². The van der Waals surface area contributed by atoms with Gasteiger partial charge in [0.2, 0.25) is 5.28 Å². The molecule has 0 aliphatic carbocycles. The second-order valence-corrected chi connectivity index (χ2v) is 2.49. The van der Waals surface area contributed by atoms with E-state index in [0.29, 0.717) is 5.82 Å². The fraction of sp³-hybridized carbons (Fsp3) is 0.125. The van der Waals surface area contributed by atoms with Gasteiger partial charge in [-0.1, -0.05) is 6.08 Å². The lowest BCUT2D eigenvalue weighted by Gasteiger charge is -2.10. The third-order valence-corrected chi connectivity index (χ3v) is 1.47. The van der Waals surface area contributed by atoms with Crippen LogP contribution < -0.4 is 5.01 Å². The van der Waals surface area contributed by atoms with E-state index in [9.17, 15) is 0 Å². The van der Waals surface area contributed by atoms with Gasteiger partial charge in [0, 0.05) is 25.2 Å². The normalized spacial score (nSPS) is 10.3. The highest BCUT2D eigenvalue weighted by molar-refractivity contribution is 6.28. The monoisotopic (exact) mass is 196 g/mol. The maximum atomic E-state index is 5.61. The molecular formula is C8H9ClN4. The second-order valence-electron chi connectivity index (χ2n) is 2.15. The third kappa shape index (κ3) is 2.52. The summed E-state index contributed by atoms with van der Waals surface area (Å²) in [4.78, 5) is 7.72. The Balaban J connectivity index is 2.97. The molecule has 0 fully saturated rings. The average Bonchev–Trinajstić information content (AvgIpc) is 2.14. The summed E-state index contributed by atoms with van der Waals surface area (Å²) in [6.45, 7) is 5.28. The zero-order valence-corrected chi connectivity index (χ0v) is 7.94. The number of rotatable bonds is 3. The number of hydrazone groups is 1. The van der Waals surface area contributed by atoms with E-state index >= 15 is 0 Å². The standard InChI is InChI=1S/C8H9ClN4/c1-3-6-13(10-2)7-4-5-11-8(9)12-7/h3-6H,2H2,1H3/b6-3-. The first-order valence-electron chi connectivity index (χ1n) is 3.65. The van der Waals surface area contributed by atoms with E-state index in [4.69, 9.17) is 11.6 Å². The van der Waals surface area contributed by atoms with Crippen molar-refractivity contribution in [1.82, 2.24) is 9.97 Å². The molecule has 1 aromatic heterocycles. The second kappa shape index (κ2) is 4.57. The number of aromatic nitrogens is 2. The lowest BCUT2D eigenvalue weighted by molar-refractivity contribution is 1.01. The van der Waals surface area contributed by atoms with Crippen LogP contribution in [0.4, 0.5) is 5.82 Å². The summed E-state index contributed by atoms with van der Waals surface area (Å²) in [6.07, 6.45) is 5.11. The summed E-state index contributed by atoms with van der Waals surface area (Å²) < 4.78 is 0. The minimum absolute atomic E-state index is 0.190. The molecular weight excluding hydrogens is 188 g/mol. The maximum Gasteiger partial charge on any atom is 0.224 e.